The van der Waals surface area contributed by atoms with Gasteiger partial charge in [-0.2, -0.15) is 0 Å². The summed E-state index contributed by atoms with van der Waals surface area (Å²) in [6.45, 7) is 1.04. The van der Waals surface area contributed by atoms with Gasteiger partial charge in [-0.05, 0) is 49.2 Å². The number of nitrogens with zero attached hydrogens (tertiary/aromatic N) is 2. The Morgan fingerprint density at radius 2 is 1.93 bits per heavy atom. The van der Waals surface area contributed by atoms with Crippen LogP contribution in [0.25, 0.3) is 22.2 Å². The van der Waals surface area contributed by atoms with Crippen molar-refractivity contribution in [3.63, 3.8) is 0 Å². The standard InChI is InChI=1S/C22H22BrN3O2/c23-16-5-6-20-18(13-16)19(14-21(26-20)15-7-9-24-10-8-15)22(27)25-11-12-28-17-3-1-2-4-17/h5-10,13-14,17H,1-4,11-12H2,(H,25,27). The Bertz CT molecular complexity index is 972. The maximum Gasteiger partial charge on any atom is 0.252 e. The second-order valence-electron chi connectivity index (χ2n) is 6.99. The lowest BCUT2D eigenvalue weighted by atomic mass is 10.0. The molecule has 0 bridgehead atoms. The molecule has 0 radical (unpaired) electrons. The van der Waals surface area contributed by atoms with E-state index in [0.717, 1.165) is 39.5 Å². The minimum Gasteiger partial charge on any atom is -0.376 e. The summed E-state index contributed by atoms with van der Waals surface area (Å²) in [5.41, 5.74) is 3.08. The smallest absolute Gasteiger partial charge is 0.252 e. The van der Waals surface area contributed by atoms with Gasteiger partial charge in [-0.25, -0.2) is 4.98 Å². The first-order chi connectivity index (χ1) is 13.7. The number of pyridine rings is 2. The molecule has 0 atom stereocenters. The first-order valence-corrected chi connectivity index (χ1v) is 10.4. The fraction of sp³-hybridized carbons (Fsp3) is 0.318. The molecule has 1 aliphatic carbocycles. The van der Waals surface area contributed by atoms with Gasteiger partial charge in [0.15, 0.2) is 0 Å². The molecule has 0 aliphatic heterocycles. The van der Waals surface area contributed by atoms with Crippen LogP contribution in [0.1, 0.15) is 36.0 Å². The van der Waals surface area contributed by atoms with Gasteiger partial charge >= 0.3 is 0 Å². The summed E-state index contributed by atoms with van der Waals surface area (Å²) in [5, 5.41) is 3.81. The Morgan fingerprint density at radius 1 is 1.14 bits per heavy atom. The molecule has 1 aliphatic rings. The maximum absolute atomic E-state index is 12.9. The number of carbonyl (C=O) groups is 1. The Balaban J connectivity index is 1.56. The van der Waals surface area contributed by atoms with Crippen molar-refractivity contribution in [3.8, 4) is 11.3 Å². The fourth-order valence-electron chi connectivity index (χ4n) is 3.60. The summed E-state index contributed by atoms with van der Waals surface area (Å²) in [4.78, 5) is 21.7. The number of rotatable bonds is 6. The zero-order chi connectivity index (χ0) is 19.3. The van der Waals surface area contributed by atoms with E-state index in [2.05, 4.69) is 26.2 Å². The molecular weight excluding hydrogens is 418 g/mol. The van der Waals surface area contributed by atoms with Crippen LogP contribution in [0.4, 0.5) is 0 Å². The maximum atomic E-state index is 12.9. The van der Waals surface area contributed by atoms with Crippen molar-refractivity contribution in [2.24, 2.45) is 0 Å². The van der Waals surface area contributed by atoms with E-state index in [1.807, 2.05) is 36.4 Å². The molecule has 4 rings (SSSR count). The summed E-state index contributed by atoms with van der Waals surface area (Å²) in [7, 11) is 0. The predicted octanol–water partition coefficient (Wildman–Crippen LogP) is 4.75. The molecule has 1 saturated carbocycles. The van der Waals surface area contributed by atoms with Gasteiger partial charge in [0, 0.05) is 34.4 Å². The van der Waals surface area contributed by atoms with Crippen molar-refractivity contribution >= 4 is 32.7 Å². The Morgan fingerprint density at radius 3 is 2.71 bits per heavy atom. The number of ether oxygens (including phenoxy) is 1. The number of carbonyl (C=O) groups excluding carboxylic acids is 1. The first kappa shape index (κ1) is 19.0. The predicted molar refractivity (Wildman–Crippen MR) is 113 cm³/mol. The lowest BCUT2D eigenvalue weighted by molar-refractivity contribution is 0.0582. The number of fused-ring (bicyclic) bond motifs is 1. The van der Waals surface area contributed by atoms with Crippen molar-refractivity contribution in [1.82, 2.24) is 15.3 Å². The molecule has 6 heteroatoms. The van der Waals surface area contributed by atoms with Crippen LogP contribution < -0.4 is 5.32 Å². The molecule has 0 spiro atoms. The summed E-state index contributed by atoms with van der Waals surface area (Å²) in [6.07, 6.45) is 8.55. The van der Waals surface area contributed by atoms with Gasteiger partial charge in [-0.15, -0.1) is 0 Å². The van der Waals surface area contributed by atoms with E-state index >= 15 is 0 Å². The van der Waals surface area contributed by atoms with Crippen LogP contribution in [-0.4, -0.2) is 35.1 Å². The van der Waals surface area contributed by atoms with Crippen molar-refractivity contribution in [2.75, 3.05) is 13.2 Å². The molecule has 0 unspecified atom stereocenters. The lowest BCUT2D eigenvalue weighted by Gasteiger charge is -2.13. The summed E-state index contributed by atoms with van der Waals surface area (Å²) >= 11 is 3.49. The number of halogens is 1. The minimum absolute atomic E-state index is 0.115. The minimum atomic E-state index is -0.115. The van der Waals surface area contributed by atoms with E-state index in [-0.39, 0.29) is 5.91 Å². The van der Waals surface area contributed by atoms with Crippen molar-refractivity contribution in [2.45, 2.75) is 31.8 Å². The van der Waals surface area contributed by atoms with Gasteiger partial charge < -0.3 is 10.1 Å². The number of hydrogen-bond donors (Lipinski definition) is 1. The van der Waals surface area contributed by atoms with Crippen LogP contribution in [0.5, 0.6) is 0 Å². The zero-order valence-corrected chi connectivity index (χ0v) is 17.1. The molecule has 2 heterocycles. The average molecular weight is 440 g/mol. The van der Waals surface area contributed by atoms with Gasteiger partial charge in [0.2, 0.25) is 0 Å². The second-order valence-corrected chi connectivity index (χ2v) is 7.90. The molecule has 28 heavy (non-hydrogen) atoms. The Kier molecular flexibility index (Phi) is 5.98. The molecular formula is C22H22BrN3O2. The zero-order valence-electron chi connectivity index (χ0n) is 15.5. The highest BCUT2D eigenvalue weighted by Crippen LogP contribution is 2.27. The molecule has 3 aromatic rings. The highest BCUT2D eigenvalue weighted by molar-refractivity contribution is 9.10. The van der Waals surface area contributed by atoms with Gasteiger partial charge in [0.1, 0.15) is 0 Å². The molecule has 0 saturated heterocycles. The SMILES string of the molecule is O=C(NCCOC1CCCC1)c1cc(-c2ccncc2)nc2ccc(Br)cc12. The largest absolute Gasteiger partial charge is 0.376 e. The van der Waals surface area contributed by atoms with Crippen LogP contribution in [0, 0.1) is 0 Å². The third-order valence-corrected chi connectivity index (χ3v) is 5.53. The number of aromatic nitrogens is 2. The summed E-state index contributed by atoms with van der Waals surface area (Å²) < 4.78 is 6.76. The molecule has 1 N–H and O–H groups in total. The average Bonchev–Trinajstić information content (AvgIpc) is 3.24. The third-order valence-electron chi connectivity index (χ3n) is 5.03. The van der Waals surface area contributed by atoms with Gasteiger partial charge in [-0.1, -0.05) is 28.8 Å². The van der Waals surface area contributed by atoms with Gasteiger partial charge in [-0.3, -0.25) is 9.78 Å². The fourth-order valence-corrected chi connectivity index (χ4v) is 3.96. The van der Waals surface area contributed by atoms with E-state index in [1.54, 1.807) is 12.4 Å². The molecule has 1 amide bonds. The highest BCUT2D eigenvalue weighted by Gasteiger charge is 2.16. The molecule has 5 nitrogen and oxygen atoms in total. The third kappa shape index (κ3) is 4.39. The van der Waals surface area contributed by atoms with Crippen molar-refractivity contribution in [1.29, 1.82) is 0 Å². The number of amides is 1. The quantitative estimate of drug-likeness (QED) is 0.562. The normalized spacial score (nSPS) is 14.5. The van der Waals surface area contributed by atoms with E-state index in [9.17, 15) is 4.79 Å². The molecule has 144 valence electrons. The molecule has 2 aromatic heterocycles. The van der Waals surface area contributed by atoms with Gasteiger partial charge in [0.05, 0.1) is 29.5 Å². The van der Waals surface area contributed by atoms with Crippen LogP contribution in [-0.2, 0) is 4.74 Å². The van der Waals surface area contributed by atoms with E-state index in [4.69, 9.17) is 9.72 Å². The van der Waals surface area contributed by atoms with Crippen LogP contribution in [0.3, 0.4) is 0 Å². The van der Waals surface area contributed by atoms with Crippen LogP contribution in [0.15, 0.2) is 53.3 Å². The number of benzene rings is 1. The number of hydrogen-bond acceptors (Lipinski definition) is 4. The van der Waals surface area contributed by atoms with Crippen molar-refractivity contribution in [3.05, 3.63) is 58.8 Å². The lowest BCUT2D eigenvalue weighted by Crippen LogP contribution is -2.28. The van der Waals surface area contributed by atoms with Crippen LogP contribution in [0.2, 0.25) is 0 Å². The highest BCUT2D eigenvalue weighted by atomic mass is 79.9. The summed E-state index contributed by atoms with van der Waals surface area (Å²) in [6, 6.07) is 11.4. The number of nitrogens with one attached hydrogen (secondary N) is 1. The summed E-state index contributed by atoms with van der Waals surface area (Å²) in [5.74, 6) is -0.115. The second kappa shape index (κ2) is 8.80. The van der Waals surface area contributed by atoms with E-state index < -0.39 is 0 Å². The van der Waals surface area contributed by atoms with Crippen molar-refractivity contribution < 1.29 is 9.53 Å². The van der Waals surface area contributed by atoms with Crippen LogP contribution >= 0.6 is 15.9 Å². The van der Waals surface area contributed by atoms with E-state index in [0.29, 0.717) is 24.8 Å². The topological polar surface area (TPSA) is 64.1 Å². The Labute approximate surface area is 172 Å². The molecule has 1 fully saturated rings. The van der Waals surface area contributed by atoms with E-state index in [1.165, 1.54) is 12.8 Å². The monoisotopic (exact) mass is 439 g/mol. The first-order valence-electron chi connectivity index (χ1n) is 9.61. The van der Waals surface area contributed by atoms with Gasteiger partial charge in [0.25, 0.3) is 5.91 Å². The molecule has 1 aromatic carbocycles. The Hall–Kier alpha value is -2.31.